The van der Waals surface area contributed by atoms with E-state index in [-0.39, 0.29) is 17.0 Å². The molecule has 2 heterocycles. The van der Waals surface area contributed by atoms with Crippen molar-refractivity contribution in [1.82, 2.24) is 4.57 Å². The molecule has 0 spiro atoms. The lowest BCUT2D eigenvalue weighted by Crippen LogP contribution is -3.00. The summed E-state index contributed by atoms with van der Waals surface area (Å²) in [7, 11) is 2.03. The van der Waals surface area contributed by atoms with Crippen molar-refractivity contribution in [2.24, 2.45) is 17.3 Å². The summed E-state index contributed by atoms with van der Waals surface area (Å²) in [5.41, 5.74) is 5.24. The molecule has 0 aliphatic rings. The number of rotatable bonds is 7. The summed E-state index contributed by atoms with van der Waals surface area (Å²) in [6, 6.07) is 29.3. The molecule has 0 fully saturated rings. The maximum atomic E-state index is 4.89. The van der Waals surface area contributed by atoms with E-state index in [9.17, 15) is 0 Å². The molecule has 3 aromatic carbocycles. The number of anilines is 1. The Morgan fingerprint density at radius 1 is 0.829 bits per heavy atom. The SMILES string of the molecule is CCN(CC)c1c[n+](C)c(/N=N/c2c(-c3ccccc3)n(-c3ccccc3)c3ccccc23)s1.[Br-]. The van der Waals surface area contributed by atoms with Gasteiger partial charge in [-0.25, -0.2) is 4.57 Å². The van der Waals surface area contributed by atoms with E-state index in [0.29, 0.717) is 0 Å². The molecule has 0 aliphatic heterocycles. The molecule has 0 atom stereocenters. The Labute approximate surface area is 220 Å². The van der Waals surface area contributed by atoms with Crippen molar-refractivity contribution in [3.63, 3.8) is 0 Å². The minimum atomic E-state index is 0. The monoisotopic (exact) mass is 545 g/mol. The topological polar surface area (TPSA) is 36.8 Å². The van der Waals surface area contributed by atoms with E-state index in [2.05, 4.69) is 107 Å². The Hall–Kier alpha value is -3.29. The number of hydrogen-bond donors (Lipinski definition) is 0. The van der Waals surface area contributed by atoms with Crippen molar-refractivity contribution < 1.29 is 21.5 Å². The highest BCUT2D eigenvalue weighted by Gasteiger charge is 2.22. The van der Waals surface area contributed by atoms with Crippen LogP contribution in [0.1, 0.15) is 13.8 Å². The predicted molar refractivity (Wildman–Crippen MR) is 142 cm³/mol. The second-order valence-corrected chi connectivity index (χ2v) is 9.07. The lowest BCUT2D eigenvalue weighted by molar-refractivity contribution is -0.653. The molecule has 178 valence electrons. The number of aryl methyl sites for hydroxylation is 1. The Balaban J connectivity index is 0.00000289. The minimum absolute atomic E-state index is 0. The molecule has 0 aliphatic carbocycles. The van der Waals surface area contributed by atoms with Crippen LogP contribution < -0.4 is 26.4 Å². The summed E-state index contributed by atoms with van der Waals surface area (Å²) in [5.74, 6) is 0. The quantitative estimate of drug-likeness (QED) is 0.220. The van der Waals surface area contributed by atoms with Crippen LogP contribution in [0.3, 0.4) is 0 Å². The third-order valence-electron chi connectivity index (χ3n) is 6.02. The van der Waals surface area contributed by atoms with Gasteiger partial charge in [-0.3, -0.25) is 0 Å². The van der Waals surface area contributed by atoms with Crippen LogP contribution >= 0.6 is 11.3 Å². The van der Waals surface area contributed by atoms with Gasteiger partial charge in [0.25, 0.3) is 0 Å². The number of thiazole rings is 1. The van der Waals surface area contributed by atoms with Gasteiger partial charge in [0, 0.05) is 29.7 Å². The Morgan fingerprint density at radius 2 is 1.46 bits per heavy atom. The van der Waals surface area contributed by atoms with Crippen LogP contribution in [0.15, 0.2) is 101 Å². The van der Waals surface area contributed by atoms with Crippen molar-refractivity contribution in [2.45, 2.75) is 13.8 Å². The molecule has 0 bridgehead atoms. The average Bonchev–Trinajstić information content (AvgIpc) is 3.42. The van der Waals surface area contributed by atoms with Crippen molar-refractivity contribution >= 4 is 38.1 Å². The van der Waals surface area contributed by atoms with Crippen LogP contribution in [0.5, 0.6) is 0 Å². The van der Waals surface area contributed by atoms with E-state index in [1.54, 1.807) is 11.3 Å². The number of para-hydroxylation sites is 2. The minimum Gasteiger partial charge on any atom is -1.00 e. The fraction of sp³-hybridized carbons (Fsp3) is 0.179. The second-order valence-electron chi connectivity index (χ2n) is 8.09. The zero-order chi connectivity index (χ0) is 23.5. The van der Waals surface area contributed by atoms with E-state index in [0.717, 1.165) is 51.8 Å². The van der Waals surface area contributed by atoms with Crippen molar-refractivity contribution in [3.05, 3.63) is 91.1 Å². The summed E-state index contributed by atoms with van der Waals surface area (Å²) in [5, 5.41) is 12.8. The molecular formula is C28H28BrN5S. The van der Waals surface area contributed by atoms with Crippen LogP contribution in [0.4, 0.5) is 15.8 Å². The van der Waals surface area contributed by atoms with Gasteiger partial charge < -0.3 is 26.4 Å². The molecule has 0 radical (unpaired) electrons. The molecule has 0 saturated carbocycles. The standard InChI is InChI=1S/C28H28N5S.BrH/c1-4-32(5-2)25-20-31(3)28(34-25)30-29-26-23-18-12-13-19-24(23)33(22-16-10-7-11-17-22)27(26)21-14-8-6-9-15-21;/h6-20H,4-5H2,1-3H3;1H/q+1;/p-1. The molecule has 0 unspecified atom stereocenters. The first-order valence-corrected chi connectivity index (χ1v) is 12.4. The van der Waals surface area contributed by atoms with Gasteiger partial charge >= 0.3 is 5.13 Å². The van der Waals surface area contributed by atoms with Gasteiger partial charge in [-0.2, -0.15) is 0 Å². The number of halogens is 1. The Kier molecular flexibility index (Phi) is 7.78. The highest BCUT2D eigenvalue weighted by Crippen LogP contribution is 2.43. The number of nitrogens with zero attached hydrogens (tertiary/aromatic N) is 5. The molecule has 35 heavy (non-hydrogen) atoms. The van der Waals surface area contributed by atoms with Gasteiger partial charge in [-0.15, -0.1) is 0 Å². The van der Waals surface area contributed by atoms with Gasteiger partial charge in [0.2, 0.25) is 0 Å². The van der Waals surface area contributed by atoms with E-state index >= 15 is 0 Å². The summed E-state index contributed by atoms with van der Waals surface area (Å²) in [4.78, 5) is 2.33. The zero-order valence-corrected chi connectivity index (χ0v) is 22.5. The van der Waals surface area contributed by atoms with Gasteiger partial charge in [0.15, 0.2) is 0 Å². The Morgan fingerprint density at radius 3 is 2.14 bits per heavy atom. The number of benzene rings is 3. The van der Waals surface area contributed by atoms with E-state index in [1.165, 1.54) is 5.00 Å². The second kappa shape index (κ2) is 11.0. The van der Waals surface area contributed by atoms with Gasteiger partial charge in [-0.1, -0.05) is 66.7 Å². The third-order valence-corrected chi connectivity index (χ3v) is 7.15. The average molecular weight is 547 g/mol. The van der Waals surface area contributed by atoms with Crippen molar-refractivity contribution in [3.8, 4) is 16.9 Å². The fourth-order valence-corrected chi connectivity index (χ4v) is 5.37. The molecule has 5 aromatic rings. The van der Waals surface area contributed by atoms with Crippen LogP contribution in [0.2, 0.25) is 0 Å². The fourth-order valence-electron chi connectivity index (χ4n) is 4.31. The molecule has 0 N–H and O–H groups in total. The van der Waals surface area contributed by atoms with Gasteiger partial charge in [0.1, 0.15) is 16.9 Å². The van der Waals surface area contributed by atoms with Gasteiger partial charge in [0.05, 0.1) is 23.4 Å². The molecule has 5 nitrogen and oxygen atoms in total. The molecule has 0 amide bonds. The first kappa shape index (κ1) is 24.8. The first-order valence-electron chi connectivity index (χ1n) is 11.6. The van der Waals surface area contributed by atoms with Crippen molar-refractivity contribution in [2.75, 3.05) is 18.0 Å². The maximum Gasteiger partial charge on any atom is 0.410 e. The summed E-state index contributed by atoms with van der Waals surface area (Å²) in [6.45, 7) is 6.29. The van der Waals surface area contributed by atoms with Crippen LogP contribution in [-0.4, -0.2) is 17.7 Å². The summed E-state index contributed by atoms with van der Waals surface area (Å²) in [6.07, 6.45) is 2.14. The zero-order valence-electron chi connectivity index (χ0n) is 20.1. The number of hydrogen-bond acceptors (Lipinski definition) is 4. The molecule has 2 aromatic heterocycles. The third kappa shape index (κ3) is 4.79. The lowest BCUT2D eigenvalue weighted by Gasteiger charge is -2.16. The van der Waals surface area contributed by atoms with E-state index in [1.807, 2.05) is 19.2 Å². The Bertz CT molecular complexity index is 1440. The van der Waals surface area contributed by atoms with E-state index < -0.39 is 0 Å². The number of azo groups is 1. The van der Waals surface area contributed by atoms with Crippen LogP contribution in [0.25, 0.3) is 27.8 Å². The van der Waals surface area contributed by atoms with E-state index in [4.69, 9.17) is 10.2 Å². The molecular weight excluding hydrogens is 518 g/mol. The highest BCUT2D eigenvalue weighted by molar-refractivity contribution is 7.18. The number of aromatic nitrogens is 2. The normalized spacial score (nSPS) is 11.2. The summed E-state index contributed by atoms with van der Waals surface area (Å²) < 4.78 is 4.34. The smallest absolute Gasteiger partial charge is 0.410 e. The maximum absolute atomic E-state index is 4.89. The predicted octanol–water partition coefficient (Wildman–Crippen LogP) is 4.45. The largest absolute Gasteiger partial charge is 1.00 e. The van der Waals surface area contributed by atoms with Crippen LogP contribution in [-0.2, 0) is 7.05 Å². The summed E-state index contributed by atoms with van der Waals surface area (Å²) >= 11 is 1.67. The van der Waals surface area contributed by atoms with Crippen LogP contribution in [0, 0.1) is 0 Å². The van der Waals surface area contributed by atoms with Gasteiger partial charge in [-0.05, 0) is 48.5 Å². The first-order chi connectivity index (χ1) is 16.7. The number of fused-ring (bicyclic) bond motifs is 1. The lowest BCUT2D eigenvalue weighted by atomic mass is 10.1. The van der Waals surface area contributed by atoms with Crippen molar-refractivity contribution in [1.29, 1.82) is 0 Å². The molecule has 0 saturated heterocycles. The highest BCUT2D eigenvalue weighted by atomic mass is 79.9. The molecule has 7 heteroatoms. The molecule has 5 rings (SSSR count).